The predicted molar refractivity (Wildman–Crippen MR) is 79.9 cm³/mol. The summed E-state index contributed by atoms with van der Waals surface area (Å²) in [7, 11) is 2.78. The molecule has 0 fully saturated rings. The molecule has 0 unspecified atom stereocenters. The molecule has 0 aliphatic carbocycles. The van der Waals surface area contributed by atoms with Crippen LogP contribution in [0.2, 0.25) is 0 Å². The zero-order chi connectivity index (χ0) is 15.4. The Bertz CT molecular complexity index is 689. The summed E-state index contributed by atoms with van der Waals surface area (Å²) >= 11 is 0. The Kier molecular flexibility index (Phi) is 4.38. The maximum Gasteiger partial charge on any atom is 0.338 e. The van der Waals surface area contributed by atoms with Crippen LogP contribution in [0.1, 0.15) is 26.3 Å². The first kappa shape index (κ1) is 14.8. The van der Waals surface area contributed by atoms with E-state index in [-0.39, 0.29) is 0 Å². The van der Waals surface area contributed by atoms with Crippen LogP contribution < -0.4 is 4.74 Å². The van der Waals surface area contributed by atoms with Gasteiger partial charge in [0.15, 0.2) is 6.29 Å². The summed E-state index contributed by atoms with van der Waals surface area (Å²) in [5, 5.41) is 0. The van der Waals surface area contributed by atoms with Crippen LogP contribution in [-0.2, 0) is 4.74 Å². The Balaban J connectivity index is 2.76. The van der Waals surface area contributed by atoms with Crippen molar-refractivity contribution in [2.24, 2.45) is 0 Å². The Labute approximate surface area is 123 Å². The van der Waals surface area contributed by atoms with Gasteiger partial charge in [-0.1, -0.05) is 24.3 Å². The van der Waals surface area contributed by atoms with E-state index in [4.69, 9.17) is 9.47 Å². The molecule has 0 amide bonds. The van der Waals surface area contributed by atoms with Crippen molar-refractivity contribution in [3.8, 4) is 16.9 Å². The first-order valence-electron chi connectivity index (χ1n) is 6.44. The number of hydrogen-bond acceptors (Lipinski definition) is 4. The van der Waals surface area contributed by atoms with Crippen LogP contribution in [-0.4, -0.2) is 26.5 Å². The van der Waals surface area contributed by atoms with Gasteiger partial charge in [-0.15, -0.1) is 0 Å². The second kappa shape index (κ2) is 6.22. The van der Waals surface area contributed by atoms with Gasteiger partial charge in [-0.3, -0.25) is 4.79 Å². The maximum atomic E-state index is 12.0. The summed E-state index contributed by atoms with van der Waals surface area (Å²) in [6.45, 7) is 1.95. The molecular formula is C17H16O4. The lowest BCUT2D eigenvalue weighted by atomic mass is 9.94. The molecule has 0 saturated carbocycles. The average molecular weight is 284 g/mol. The number of methoxy groups -OCH3 is 2. The fourth-order valence-corrected chi connectivity index (χ4v) is 2.24. The van der Waals surface area contributed by atoms with Gasteiger partial charge in [0.05, 0.1) is 25.3 Å². The van der Waals surface area contributed by atoms with Crippen molar-refractivity contribution in [3.05, 3.63) is 53.1 Å². The number of benzene rings is 2. The van der Waals surface area contributed by atoms with Gasteiger partial charge in [0.2, 0.25) is 0 Å². The number of carbonyl (C=O) groups is 2. The molecule has 0 aromatic heterocycles. The summed E-state index contributed by atoms with van der Waals surface area (Å²) in [6, 6.07) is 10.8. The molecule has 0 atom stereocenters. The average Bonchev–Trinajstić information content (AvgIpc) is 2.53. The smallest absolute Gasteiger partial charge is 0.338 e. The van der Waals surface area contributed by atoms with Crippen molar-refractivity contribution in [2.45, 2.75) is 6.92 Å². The lowest BCUT2D eigenvalue weighted by molar-refractivity contribution is 0.0601. The number of aryl methyl sites for hydroxylation is 1. The standard InChI is InChI=1S/C17H16O4/c1-11-6-4-5-7-13(11)14-8-12(10-18)16(20-2)9-15(14)17(19)21-3/h4-10H,1-3H3. The molecule has 108 valence electrons. The third-order valence-electron chi connectivity index (χ3n) is 3.34. The van der Waals surface area contributed by atoms with Crippen molar-refractivity contribution in [2.75, 3.05) is 14.2 Å². The van der Waals surface area contributed by atoms with Crippen LogP contribution in [0.4, 0.5) is 0 Å². The molecule has 0 saturated heterocycles. The highest BCUT2D eigenvalue weighted by Gasteiger charge is 2.18. The SMILES string of the molecule is COC(=O)c1cc(OC)c(C=O)cc1-c1ccccc1C. The van der Waals surface area contributed by atoms with E-state index in [0.717, 1.165) is 11.1 Å². The zero-order valence-corrected chi connectivity index (χ0v) is 12.2. The minimum Gasteiger partial charge on any atom is -0.496 e. The van der Waals surface area contributed by atoms with Crippen LogP contribution in [0.5, 0.6) is 5.75 Å². The molecule has 0 heterocycles. The van der Waals surface area contributed by atoms with Crippen LogP contribution in [0.3, 0.4) is 0 Å². The summed E-state index contributed by atoms with van der Waals surface area (Å²) in [5.74, 6) is -0.119. The molecule has 0 spiro atoms. The second-order valence-electron chi connectivity index (χ2n) is 4.56. The molecule has 4 heteroatoms. The van der Waals surface area contributed by atoms with Gasteiger partial charge in [-0.05, 0) is 35.7 Å². The number of esters is 1. The number of aldehydes is 1. The highest BCUT2D eigenvalue weighted by molar-refractivity contribution is 6.00. The molecule has 2 aromatic carbocycles. The van der Waals surface area contributed by atoms with E-state index in [2.05, 4.69) is 0 Å². The topological polar surface area (TPSA) is 52.6 Å². The third-order valence-corrected chi connectivity index (χ3v) is 3.34. The first-order chi connectivity index (χ1) is 10.1. The predicted octanol–water partition coefficient (Wildman–Crippen LogP) is 3.27. The van der Waals surface area contributed by atoms with Gasteiger partial charge >= 0.3 is 5.97 Å². The Morgan fingerprint density at radius 3 is 2.38 bits per heavy atom. The number of ether oxygens (including phenoxy) is 2. The molecule has 0 bridgehead atoms. The number of hydrogen-bond donors (Lipinski definition) is 0. The molecule has 0 N–H and O–H groups in total. The normalized spacial score (nSPS) is 10.0. The monoisotopic (exact) mass is 284 g/mol. The van der Waals surface area contributed by atoms with Crippen LogP contribution in [0, 0.1) is 6.92 Å². The molecular weight excluding hydrogens is 268 g/mol. The zero-order valence-electron chi connectivity index (χ0n) is 12.2. The fourth-order valence-electron chi connectivity index (χ4n) is 2.24. The van der Waals surface area contributed by atoms with Crippen molar-refractivity contribution < 1.29 is 19.1 Å². The molecule has 0 aliphatic heterocycles. The van der Waals surface area contributed by atoms with Gasteiger partial charge in [-0.2, -0.15) is 0 Å². The third kappa shape index (κ3) is 2.79. The summed E-state index contributed by atoms with van der Waals surface area (Å²) in [6.07, 6.45) is 0.710. The van der Waals surface area contributed by atoms with Crippen LogP contribution >= 0.6 is 0 Å². The van der Waals surface area contributed by atoms with Crippen molar-refractivity contribution >= 4 is 12.3 Å². The lowest BCUT2D eigenvalue weighted by Crippen LogP contribution is -2.06. The van der Waals surface area contributed by atoms with E-state index < -0.39 is 5.97 Å². The van der Waals surface area contributed by atoms with E-state index in [9.17, 15) is 9.59 Å². The lowest BCUT2D eigenvalue weighted by Gasteiger charge is -2.14. The molecule has 0 aliphatic rings. The summed E-state index contributed by atoms with van der Waals surface area (Å²) in [5.41, 5.74) is 3.30. The highest BCUT2D eigenvalue weighted by atomic mass is 16.5. The van der Waals surface area contributed by atoms with Crippen LogP contribution in [0.15, 0.2) is 36.4 Å². The Morgan fingerprint density at radius 1 is 1.10 bits per heavy atom. The Hall–Kier alpha value is -2.62. The number of rotatable bonds is 4. The van der Waals surface area contributed by atoms with Gasteiger partial charge in [0.25, 0.3) is 0 Å². The summed E-state index contributed by atoms with van der Waals surface area (Å²) in [4.78, 5) is 23.2. The van der Waals surface area contributed by atoms with E-state index in [1.165, 1.54) is 20.3 Å². The second-order valence-corrected chi connectivity index (χ2v) is 4.56. The van der Waals surface area contributed by atoms with E-state index in [0.29, 0.717) is 28.7 Å². The van der Waals surface area contributed by atoms with Crippen molar-refractivity contribution in [1.29, 1.82) is 0 Å². The maximum absolute atomic E-state index is 12.0. The number of carbonyl (C=O) groups excluding carboxylic acids is 2. The van der Waals surface area contributed by atoms with Crippen molar-refractivity contribution in [1.82, 2.24) is 0 Å². The van der Waals surface area contributed by atoms with Gasteiger partial charge in [0, 0.05) is 0 Å². The van der Waals surface area contributed by atoms with Gasteiger partial charge in [-0.25, -0.2) is 4.79 Å². The fraction of sp³-hybridized carbons (Fsp3) is 0.176. The quantitative estimate of drug-likeness (QED) is 0.638. The minimum atomic E-state index is -0.469. The molecule has 2 aromatic rings. The van der Waals surface area contributed by atoms with E-state index in [1.807, 2.05) is 31.2 Å². The molecule has 4 nitrogen and oxygen atoms in total. The molecule has 0 radical (unpaired) electrons. The van der Waals surface area contributed by atoms with Gasteiger partial charge < -0.3 is 9.47 Å². The van der Waals surface area contributed by atoms with Crippen molar-refractivity contribution in [3.63, 3.8) is 0 Å². The van der Waals surface area contributed by atoms with Crippen LogP contribution in [0.25, 0.3) is 11.1 Å². The first-order valence-corrected chi connectivity index (χ1v) is 6.44. The van der Waals surface area contributed by atoms with E-state index >= 15 is 0 Å². The van der Waals surface area contributed by atoms with Gasteiger partial charge in [0.1, 0.15) is 5.75 Å². The largest absolute Gasteiger partial charge is 0.496 e. The van der Waals surface area contributed by atoms with E-state index in [1.54, 1.807) is 6.07 Å². The molecule has 21 heavy (non-hydrogen) atoms. The molecule has 2 rings (SSSR count). The summed E-state index contributed by atoms with van der Waals surface area (Å²) < 4.78 is 9.98. The highest BCUT2D eigenvalue weighted by Crippen LogP contribution is 2.32. The minimum absolute atomic E-state index is 0.350. The Morgan fingerprint density at radius 2 is 1.81 bits per heavy atom.